The molecule has 10 N–H and O–H groups in total. The van der Waals surface area contributed by atoms with Crippen LogP contribution in [0.15, 0.2) is 84.9 Å². The van der Waals surface area contributed by atoms with Crippen LogP contribution in [0, 0.1) is 0 Å². The molecule has 2 amide bonds. The number of fused-ring (bicyclic) bond motifs is 4. The molecule has 4 heterocycles. The number of ether oxygens (including phenoxy) is 6. The molecule has 0 spiro atoms. The number of aliphatic hydroxyl groups excluding tert-OH is 4. The molecule has 64 heavy (non-hydrogen) atoms. The van der Waals surface area contributed by atoms with Crippen molar-refractivity contribution < 1.29 is 58.4 Å². The van der Waals surface area contributed by atoms with Gasteiger partial charge in [-0.2, -0.15) is 0 Å². The van der Waals surface area contributed by atoms with Gasteiger partial charge in [0.15, 0.2) is 0 Å². The van der Waals surface area contributed by atoms with Gasteiger partial charge in [-0.1, -0.05) is 59.6 Å². The maximum atomic E-state index is 11.8. The molecule has 4 aromatic rings. The van der Waals surface area contributed by atoms with Crippen LogP contribution in [0.5, 0.6) is 23.0 Å². The van der Waals surface area contributed by atoms with Crippen LogP contribution >= 0.6 is 23.2 Å². The van der Waals surface area contributed by atoms with Crippen LogP contribution in [0.4, 0.5) is 9.59 Å². The first-order valence-electron chi connectivity index (χ1n) is 20.6. The van der Waals surface area contributed by atoms with Crippen LogP contribution in [0.2, 0.25) is 10.0 Å². The number of alkyl carbamates (subject to hydrolysis) is 2. The zero-order valence-corrected chi connectivity index (χ0v) is 38.0. The van der Waals surface area contributed by atoms with Crippen molar-refractivity contribution in [2.45, 2.75) is 101 Å². The summed E-state index contributed by atoms with van der Waals surface area (Å²) in [6.07, 6.45) is -4.01. The van der Waals surface area contributed by atoms with E-state index in [2.05, 4.69) is 10.6 Å². The molecule has 16 nitrogen and oxygen atoms in total. The van der Waals surface area contributed by atoms with Crippen molar-refractivity contribution in [2.75, 3.05) is 26.4 Å². The molecule has 0 saturated heterocycles. The lowest BCUT2D eigenvalue weighted by Gasteiger charge is -2.31. The Morgan fingerprint density at radius 3 is 1.34 bits per heavy atom. The second kappa shape index (κ2) is 21.8. The molecule has 4 aliphatic heterocycles. The van der Waals surface area contributed by atoms with Gasteiger partial charge in [-0.15, -0.1) is 0 Å². The molecule has 0 fully saturated rings. The Morgan fingerprint density at radius 1 is 0.531 bits per heavy atom. The van der Waals surface area contributed by atoms with Crippen LogP contribution in [-0.4, -0.2) is 94.7 Å². The molecule has 0 radical (unpaired) electrons. The molecule has 8 rings (SSSR count). The van der Waals surface area contributed by atoms with E-state index in [-0.39, 0.29) is 32.5 Å². The summed E-state index contributed by atoms with van der Waals surface area (Å²) in [5.74, 6) is 2.77. The SMILES string of the molecule is CC(C)(C)OC(=O)N[C@H]1c2cc(Cl)ccc2OC[C@H]1O.CC(C)(C)OC(=O)N[C@H]1c2ccccc2OC[C@H]1O.N[C@H]1c2cc(Cl)ccc2OC[C@H]1O.N[C@H]1c2ccccc2OC[C@H]1O. The number of nitrogens with two attached hydrogens (primary N) is 2. The van der Waals surface area contributed by atoms with Crippen LogP contribution in [0.3, 0.4) is 0 Å². The van der Waals surface area contributed by atoms with Gasteiger partial charge in [0.2, 0.25) is 0 Å². The van der Waals surface area contributed by atoms with E-state index in [4.69, 9.17) is 63.1 Å². The highest BCUT2D eigenvalue weighted by Gasteiger charge is 2.34. The molecule has 348 valence electrons. The van der Waals surface area contributed by atoms with Crippen molar-refractivity contribution in [2.24, 2.45) is 11.5 Å². The van der Waals surface area contributed by atoms with E-state index in [1.165, 1.54) is 0 Å². The minimum absolute atomic E-state index is 0.106. The van der Waals surface area contributed by atoms with Gasteiger partial charge in [0.25, 0.3) is 0 Å². The number of carbonyl (C=O) groups excluding carboxylic acids is 2. The van der Waals surface area contributed by atoms with Crippen molar-refractivity contribution in [3.63, 3.8) is 0 Å². The molecule has 0 aromatic heterocycles. The number of hydrogen-bond donors (Lipinski definition) is 8. The summed E-state index contributed by atoms with van der Waals surface area (Å²) in [5, 5.41) is 45.2. The van der Waals surface area contributed by atoms with Crippen LogP contribution in [0.1, 0.15) is 88.0 Å². The van der Waals surface area contributed by atoms with E-state index < -0.39 is 65.9 Å². The van der Waals surface area contributed by atoms with E-state index in [9.17, 15) is 30.0 Å². The fraction of sp³-hybridized carbons (Fsp3) is 0.435. The average molecular weight is 930 g/mol. The van der Waals surface area contributed by atoms with Crippen LogP contribution in [0.25, 0.3) is 0 Å². The van der Waals surface area contributed by atoms with Crippen LogP contribution in [-0.2, 0) is 9.47 Å². The van der Waals surface area contributed by atoms with E-state index >= 15 is 0 Å². The molecular formula is C46H58Cl2N4O12. The van der Waals surface area contributed by atoms with Crippen molar-refractivity contribution in [3.05, 3.63) is 117 Å². The topological polar surface area (TPSA) is 247 Å². The number of benzene rings is 4. The molecule has 18 heteroatoms. The smallest absolute Gasteiger partial charge is 0.408 e. The molecule has 0 aliphatic carbocycles. The van der Waals surface area contributed by atoms with E-state index in [0.29, 0.717) is 32.9 Å². The molecule has 0 unspecified atom stereocenters. The van der Waals surface area contributed by atoms with Crippen molar-refractivity contribution in [1.29, 1.82) is 0 Å². The lowest BCUT2D eigenvalue weighted by molar-refractivity contribution is 0.0272. The fourth-order valence-corrected chi connectivity index (χ4v) is 7.07. The summed E-state index contributed by atoms with van der Waals surface area (Å²) in [6.45, 7) is 11.5. The molecule has 0 saturated carbocycles. The molecule has 4 aromatic carbocycles. The second-order valence-electron chi connectivity index (χ2n) is 17.3. The number of carbonyl (C=O) groups is 2. The predicted octanol–water partition coefficient (Wildman–Crippen LogP) is 6.20. The Hall–Kier alpha value is -5.04. The largest absolute Gasteiger partial charge is 0.490 e. The van der Waals surface area contributed by atoms with Gasteiger partial charge in [0, 0.05) is 32.3 Å². The average Bonchev–Trinajstić information content (AvgIpc) is 3.22. The first-order chi connectivity index (χ1) is 30.1. The quantitative estimate of drug-likeness (QED) is 0.112. The number of nitrogens with one attached hydrogen (secondary N) is 2. The van der Waals surface area contributed by atoms with Crippen LogP contribution < -0.4 is 41.0 Å². The zero-order valence-electron chi connectivity index (χ0n) is 36.5. The number of hydrogen-bond acceptors (Lipinski definition) is 14. The van der Waals surface area contributed by atoms with Crippen molar-refractivity contribution in [1.82, 2.24) is 10.6 Å². The maximum Gasteiger partial charge on any atom is 0.408 e. The summed E-state index contributed by atoms with van der Waals surface area (Å²) in [4.78, 5) is 23.6. The highest BCUT2D eigenvalue weighted by Crippen LogP contribution is 2.36. The second-order valence-corrected chi connectivity index (χ2v) is 18.1. The Balaban J connectivity index is 0.000000164. The molecule has 4 aliphatic rings. The van der Waals surface area contributed by atoms with Gasteiger partial charge in [0.1, 0.15) is 85.0 Å². The minimum atomic E-state index is -0.853. The normalized spacial score (nSPS) is 23.8. The first kappa shape index (κ1) is 50.0. The number of aliphatic hydroxyl groups is 4. The first-order valence-corrected chi connectivity index (χ1v) is 21.4. The standard InChI is InChI=1S/C14H18ClNO4.C14H19NO4.C9H10ClNO2.C9H11NO2/c1-14(2,3)20-13(18)16-12-9-6-8(15)4-5-11(9)19-7-10(12)17;1-14(2,3)19-13(17)15-12-9-6-4-5-7-11(9)18-8-10(12)16;10-5-1-2-8-6(3-5)9(11)7(12)4-13-8;10-9-6-3-1-2-4-8(6)12-5-7(9)11/h4-6,10,12,17H,7H2,1-3H3,(H,16,18);4-7,10,12,16H,8H2,1-3H3,(H,15,17);1-3,7,9,12H,4,11H2;1-4,7,9,11H,5,10H2/t2*10-,12+;2*7-,9+/m1111/s1. The molecule has 0 bridgehead atoms. The molecule has 8 atom stereocenters. The summed E-state index contributed by atoms with van der Waals surface area (Å²) >= 11 is 11.7. The fourth-order valence-electron chi connectivity index (χ4n) is 6.71. The van der Waals surface area contributed by atoms with Gasteiger partial charge >= 0.3 is 12.2 Å². The highest BCUT2D eigenvalue weighted by atomic mass is 35.5. The van der Waals surface area contributed by atoms with Gasteiger partial charge in [-0.05, 0) is 90.1 Å². The summed E-state index contributed by atoms with van der Waals surface area (Å²) in [7, 11) is 0. The molecular weight excluding hydrogens is 871 g/mol. The lowest BCUT2D eigenvalue weighted by Crippen LogP contribution is -2.43. The van der Waals surface area contributed by atoms with E-state index in [1.54, 1.807) is 77.9 Å². The predicted molar refractivity (Wildman–Crippen MR) is 240 cm³/mol. The van der Waals surface area contributed by atoms with Gasteiger partial charge in [-0.3, -0.25) is 0 Å². The van der Waals surface area contributed by atoms with Gasteiger partial charge in [0.05, 0.1) is 24.2 Å². The maximum absolute atomic E-state index is 11.8. The van der Waals surface area contributed by atoms with Gasteiger partial charge in [-0.25, -0.2) is 9.59 Å². The Morgan fingerprint density at radius 2 is 0.875 bits per heavy atom. The Bertz CT molecular complexity index is 2200. The Labute approximate surface area is 382 Å². The number of halogens is 2. The minimum Gasteiger partial charge on any atom is -0.490 e. The third-order valence-electron chi connectivity index (χ3n) is 9.75. The van der Waals surface area contributed by atoms with Gasteiger partial charge < -0.3 is 70.9 Å². The summed E-state index contributed by atoms with van der Waals surface area (Å²) in [6, 6.07) is 23.3. The lowest BCUT2D eigenvalue weighted by atomic mass is 9.98. The van der Waals surface area contributed by atoms with Crippen molar-refractivity contribution >= 4 is 35.4 Å². The summed E-state index contributed by atoms with van der Waals surface area (Å²) < 4.78 is 31.8. The van der Waals surface area contributed by atoms with E-state index in [1.807, 2.05) is 48.5 Å². The summed E-state index contributed by atoms with van der Waals surface area (Å²) in [5.41, 5.74) is 13.4. The Kier molecular flexibility index (Phi) is 17.0. The number of amides is 2. The monoisotopic (exact) mass is 928 g/mol. The number of rotatable bonds is 2. The third kappa shape index (κ3) is 14.0. The number of para-hydroxylation sites is 2. The van der Waals surface area contributed by atoms with Crippen molar-refractivity contribution in [3.8, 4) is 23.0 Å². The highest BCUT2D eigenvalue weighted by molar-refractivity contribution is 6.31. The van der Waals surface area contributed by atoms with E-state index in [0.717, 1.165) is 22.4 Å². The third-order valence-corrected chi connectivity index (χ3v) is 10.2. The zero-order chi connectivity index (χ0) is 46.9.